The van der Waals surface area contributed by atoms with E-state index in [4.69, 9.17) is 11.6 Å². The number of rotatable bonds is 5. The van der Waals surface area contributed by atoms with E-state index in [1.807, 2.05) is 28.9 Å². The fourth-order valence-electron chi connectivity index (χ4n) is 3.71. The highest BCUT2D eigenvalue weighted by molar-refractivity contribution is 6.33. The third-order valence-corrected chi connectivity index (χ3v) is 5.59. The average molecular weight is 428 g/mol. The van der Waals surface area contributed by atoms with Crippen molar-refractivity contribution in [2.75, 3.05) is 23.7 Å². The molecule has 0 bridgehead atoms. The van der Waals surface area contributed by atoms with Crippen molar-refractivity contribution < 1.29 is 9.18 Å². The molecule has 0 saturated carbocycles. The number of hydrogen-bond acceptors (Lipinski definition) is 3. The number of carbonyl (C=O) groups is 1. The van der Waals surface area contributed by atoms with Gasteiger partial charge in [0.15, 0.2) is 0 Å². The first kappa shape index (κ1) is 20.4. The molecule has 0 unspecified atom stereocenters. The maximum Gasteiger partial charge on any atom is 0.324 e. The molecular formula is C22H23ClFN5O. The fraction of sp³-hybridized carbons (Fsp3) is 0.273. The predicted molar refractivity (Wildman–Crippen MR) is 116 cm³/mol. The molecule has 1 aliphatic rings. The molecule has 1 fully saturated rings. The van der Waals surface area contributed by atoms with Crippen LogP contribution in [0.25, 0.3) is 0 Å². The molecule has 1 aromatic heterocycles. The number of anilines is 2. The van der Waals surface area contributed by atoms with Crippen LogP contribution >= 0.6 is 11.6 Å². The Hall–Kier alpha value is -2.90. The Balaban J connectivity index is 1.33. The summed E-state index contributed by atoms with van der Waals surface area (Å²) in [5.41, 5.74) is 1.66. The van der Waals surface area contributed by atoms with E-state index in [2.05, 4.69) is 20.6 Å². The lowest BCUT2D eigenvalue weighted by Crippen LogP contribution is -2.35. The van der Waals surface area contributed by atoms with Gasteiger partial charge in [-0.25, -0.2) is 13.9 Å². The molecule has 1 saturated heterocycles. The molecule has 6 nitrogen and oxygen atoms in total. The molecule has 156 valence electrons. The number of nitrogens with zero attached hydrogens (tertiary/aromatic N) is 3. The largest absolute Gasteiger partial charge is 0.324 e. The summed E-state index contributed by atoms with van der Waals surface area (Å²) < 4.78 is 15.0. The molecule has 0 aliphatic carbocycles. The lowest BCUT2D eigenvalue weighted by atomic mass is 10.0. The van der Waals surface area contributed by atoms with Gasteiger partial charge in [-0.3, -0.25) is 10.2 Å². The molecule has 2 amide bonds. The van der Waals surface area contributed by atoms with Gasteiger partial charge in [0.25, 0.3) is 0 Å². The zero-order chi connectivity index (χ0) is 20.9. The maximum atomic E-state index is 13.1. The molecule has 8 heteroatoms. The van der Waals surface area contributed by atoms with Gasteiger partial charge in [-0.15, -0.1) is 0 Å². The summed E-state index contributed by atoms with van der Waals surface area (Å²) in [7, 11) is 0. The van der Waals surface area contributed by atoms with Crippen LogP contribution in [0, 0.1) is 5.82 Å². The summed E-state index contributed by atoms with van der Waals surface area (Å²) in [5.74, 6) is 0.436. The van der Waals surface area contributed by atoms with Crippen LogP contribution in [0.5, 0.6) is 0 Å². The van der Waals surface area contributed by atoms with Crippen LogP contribution in [0.1, 0.15) is 24.4 Å². The smallest absolute Gasteiger partial charge is 0.306 e. The van der Waals surface area contributed by atoms with Gasteiger partial charge in [0, 0.05) is 25.7 Å². The SMILES string of the molecule is O=C(Nc1ccccc1Cl)Nc1ccnn1C1CCN(Cc2ccc(F)cc2)CC1. The lowest BCUT2D eigenvalue weighted by molar-refractivity contribution is 0.174. The molecule has 2 aromatic carbocycles. The highest BCUT2D eigenvalue weighted by Gasteiger charge is 2.23. The molecule has 3 aromatic rings. The molecule has 0 atom stereocenters. The second-order valence-electron chi connectivity index (χ2n) is 7.35. The predicted octanol–water partition coefficient (Wildman–Crippen LogP) is 5.16. The number of urea groups is 1. The molecular weight excluding hydrogens is 405 g/mol. The van der Waals surface area contributed by atoms with Crippen molar-refractivity contribution in [1.29, 1.82) is 0 Å². The molecule has 0 radical (unpaired) electrons. The summed E-state index contributed by atoms with van der Waals surface area (Å²) in [6.45, 7) is 2.62. The second kappa shape index (κ2) is 9.28. The Morgan fingerprint density at radius 2 is 1.80 bits per heavy atom. The summed E-state index contributed by atoms with van der Waals surface area (Å²) in [6, 6.07) is 15.4. The highest BCUT2D eigenvalue weighted by Crippen LogP contribution is 2.27. The van der Waals surface area contributed by atoms with E-state index >= 15 is 0 Å². The van der Waals surface area contributed by atoms with Crippen LogP contribution in [0.15, 0.2) is 60.8 Å². The van der Waals surface area contributed by atoms with E-state index in [1.54, 1.807) is 24.4 Å². The first-order valence-electron chi connectivity index (χ1n) is 9.91. The van der Waals surface area contributed by atoms with Gasteiger partial charge in [0.1, 0.15) is 11.6 Å². The van der Waals surface area contributed by atoms with Crippen molar-refractivity contribution in [1.82, 2.24) is 14.7 Å². The first-order chi connectivity index (χ1) is 14.6. The Morgan fingerprint density at radius 1 is 1.07 bits per heavy atom. The number of para-hydroxylation sites is 1. The molecule has 1 aliphatic heterocycles. The quantitative estimate of drug-likeness (QED) is 0.591. The average Bonchev–Trinajstić information content (AvgIpc) is 3.20. The highest BCUT2D eigenvalue weighted by atomic mass is 35.5. The third-order valence-electron chi connectivity index (χ3n) is 5.26. The summed E-state index contributed by atoms with van der Waals surface area (Å²) in [4.78, 5) is 14.7. The van der Waals surface area contributed by atoms with Crippen molar-refractivity contribution in [2.24, 2.45) is 0 Å². The minimum atomic E-state index is -0.362. The monoisotopic (exact) mass is 427 g/mol. The summed E-state index contributed by atoms with van der Waals surface area (Å²) in [6.07, 6.45) is 3.53. The van der Waals surface area contributed by atoms with Gasteiger partial charge in [0.05, 0.1) is 22.9 Å². The topological polar surface area (TPSA) is 62.2 Å². The van der Waals surface area contributed by atoms with Gasteiger partial charge >= 0.3 is 6.03 Å². The normalized spacial score (nSPS) is 15.1. The number of likely N-dealkylation sites (tertiary alicyclic amines) is 1. The van der Waals surface area contributed by atoms with Crippen LogP contribution < -0.4 is 10.6 Å². The van der Waals surface area contributed by atoms with Crippen LogP contribution in [0.3, 0.4) is 0 Å². The Labute approximate surface area is 179 Å². The van der Waals surface area contributed by atoms with Crippen LogP contribution in [-0.2, 0) is 6.54 Å². The van der Waals surface area contributed by atoms with Gasteiger partial charge in [-0.2, -0.15) is 5.10 Å². The van der Waals surface area contributed by atoms with Gasteiger partial charge in [0.2, 0.25) is 0 Å². The van der Waals surface area contributed by atoms with Crippen molar-refractivity contribution in [2.45, 2.75) is 25.4 Å². The number of amides is 2. The van der Waals surface area contributed by atoms with Crippen molar-refractivity contribution in [3.8, 4) is 0 Å². The van der Waals surface area contributed by atoms with E-state index in [0.717, 1.165) is 38.0 Å². The van der Waals surface area contributed by atoms with Gasteiger partial charge < -0.3 is 5.32 Å². The zero-order valence-electron chi connectivity index (χ0n) is 16.4. The van der Waals surface area contributed by atoms with Crippen molar-refractivity contribution in [3.63, 3.8) is 0 Å². The Morgan fingerprint density at radius 3 is 2.53 bits per heavy atom. The summed E-state index contributed by atoms with van der Waals surface area (Å²) >= 11 is 6.10. The van der Waals surface area contributed by atoms with Crippen LogP contribution in [-0.4, -0.2) is 33.8 Å². The second-order valence-corrected chi connectivity index (χ2v) is 7.76. The minimum Gasteiger partial charge on any atom is -0.306 e. The van der Waals surface area contributed by atoms with E-state index in [-0.39, 0.29) is 17.9 Å². The number of piperidine rings is 1. The van der Waals surface area contributed by atoms with Crippen LogP contribution in [0.4, 0.5) is 20.7 Å². The Kier molecular flexibility index (Phi) is 6.30. The number of benzene rings is 2. The van der Waals surface area contributed by atoms with Gasteiger partial charge in [-0.1, -0.05) is 35.9 Å². The molecule has 4 rings (SSSR count). The molecule has 30 heavy (non-hydrogen) atoms. The maximum absolute atomic E-state index is 13.1. The van der Waals surface area contributed by atoms with Crippen molar-refractivity contribution in [3.05, 3.63) is 77.2 Å². The molecule has 2 N–H and O–H groups in total. The number of aromatic nitrogens is 2. The van der Waals surface area contributed by atoms with Crippen LogP contribution in [0.2, 0.25) is 5.02 Å². The zero-order valence-corrected chi connectivity index (χ0v) is 17.1. The molecule has 2 heterocycles. The van der Waals surface area contributed by atoms with Gasteiger partial charge in [-0.05, 0) is 42.7 Å². The van der Waals surface area contributed by atoms with E-state index in [1.165, 1.54) is 12.1 Å². The summed E-state index contributed by atoms with van der Waals surface area (Å²) in [5, 5.41) is 10.5. The first-order valence-corrected chi connectivity index (χ1v) is 10.3. The number of hydrogen-bond donors (Lipinski definition) is 2. The molecule has 0 spiro atoms. The number of nitrogens with one attached hydrogen (secondary N) is 2. The van der Waals surface area contributed by atoms with Crippen molar-refractivity contribution >= 4 is 29.1 Å². The number of halogens is 2. The minimum absolute atomic E-state index is 0.208. The standard InChI is InChI=1S/C22H23ClFN5O/c23-19-3-1-2-4-20(19)26-22(30)27-21-9-12-25-29(21)18-10-13-28(14-11-18)15-16-5-7-17(24)8-6-16/h1-9,12,18H,10-11,13-15H2,(H2,26,27,30). The lowest BCUT2D eigenvalue weighted by Gasteiger charge is -2.32. The Bertz CT molecular complexity index is 999. The van der Waals surface area contributed by atoms with E-state index in [0.29, 0.717) is 16.5 Å². The number of carbonyl (C=O) groups excluding carboxylic acids is 1. The van der Waals surface area contributed by atoms with E-state index < -0.39 is 0 Å². The van der Waals surface area contributed by atoms with E-state index in [9.17, 15) is 9.18 Å². The fourth-order valence-corrected chi connectivity index (χ4v) is 3.89. The third kappa shape index (κ3) is 4.98.